The summed E-state index contributed by atoms with van der Waals surface area (Å²) in [4.78, 5) is 22.8. The number of nitrogens with one attached hydrogen (secondary N) is 1. The van der Waals surface area contributed by atoms with E-state index in [-0.39, 0.29) is 19.1 Å². The molecule has 0 radical (unpaired) electrons. The molecule has 0 aromatic heterocycles. The first-order valence-corrected chi connectivity index (χ1v) is 5.82. The Hall–Kier alpha value is -1.59. The number of ether oxygens (including phenoxy) is 1. The molecule has 1 fully saturated rings. The Balaban J connectivity index is 2.05. The molecule has 1 aliphatic rings. The van der Waals surface area contributed by atoms with Gasteiger partial charge in [-0.15, -0.1) is 0 Å². The Morgan fingerprint density at radius 3 is 2.83 bits per heavy atom. The molecule has 1 heterocycles. The van der Waals surface area contributed by atoms with Crippen LogP contribution in [0.2, 0.25) is 5.02 Å². The van der Waals surface area contributed by atoms with E-state index < -0.39 is 17.9 Å². The number of hydrogen-bond acceptors (Lipinski definition) is 3. The maximum absolute atomic E-state index is 11.9. The number of carboxylic acid groups (broad SMARTS) is 1. The Morgan fingerprint density at radius 2 is 2.17 bits per heavy atom. The molecule has 18 heavy (non-hydrogen) atoms. The molecule has 0 bridgehead atoms. The predicted molar refractivity (Wildman–Crippen MR) is 64.7 cm³/mol. The predicted octanol–water partition coefficient (Wildman–Crippen LogP) is 1.17. The third kappa shape index (κ3) is 2.80. The fraction of sp³-hybridized carbons (Fsp3) is 0.333. The maximum atomic E-state index is 11.9. The summed E-state index contributed by atoms with van der Waals surface area (Å²) in [6.45, 7) is 0.332. The molecular weight excluding hydrogens is 258 g/mol. The van der Waals surface area contributed by atoms with Gasteiger partial charge in [-0.05, 0) is 18.2 Å². The van der Waals surface area contributed by atoms with Gasteiger partial charge < -0.3 is 15.2 Å². The van der Waals surface area contributed by atoms with Gasteiger partial charge in [0.25, 0.3) is 5.91 Å². The van der Waals surface area contributed by atoms with Gasteiger partial charge in [0.2, 0.25) is 0 Å². The van der Waals surface area contributed by atoms with Gasteiger partial charge in [0.15, 0.2) is 0 Å². The largest absolute Gasteiger partial charge is 0.481 e. The number of carbonyl (C=O) groups excluding carboxylic acids is 1. The number of benzene rings is 1. The summed E-state index contributed by atoms with van der Waals surface area (Å²) in [5.74, 6) is -2.02. The average Bonchev–Trinajstić information content (AvgIpc) is 2.77. The summed E-state index contributed by atoms with van der Waals surface area (Å²) in [7, 11) is 0. The summed E-state index contributed by atoms with van der Waals surface area (Å²) >= 11 is 5.79. The van der Waals surface area contributed by atoms with Crippen molar-refractivity contribution in [1.29, 1.82) is 0 Å². The standard InChI is InChI=1S/C12H12ClNO4/c13-8-3-1-2-7(4-8)11(15)14-10-6-18-5-9(10)12(16)17/h1-4,9-10H,5-6H2,(H,14,15)(H,16,17). The van der Waals surface area contributed by atoms with E-state index in [1.54, 1.807) is 18.2 Å². The van der Waals surface area contributed by atoms with Gasteiger partial charge in [0, 0.05) is 10.6 Å². The van der Waals surface area contributed by atoms with Gasteiger partial charge in [-0.1, -0.05) is 17.7 Å². The monoisotopic (exact) mass is 269 g/mol. The molecule has 1 saturated heterocycles. The van der Waals surface area contributed by atoms with Crippen LogP contribution < -0.4 is 5.32 Å². The molecule has 5 nitrogen and oxygen atoms in total. The van der Waals surface area contributed by atoms with Gasteiger partial charge >= 0.3 is 5.97 Å². The van der Waals surface area contributed by atoms with Crippen LogP contribution in [0.25, 0.3) is 0 Å². The van der Waals surface area contributed by atoms with Crippen LogP contribution in [0.5, 0.6) is 0 Å². The number of carboxylic acids is 1. The van der Waals surface area contributed by atoms with E-state index in [0.29, 0.717) is 10.6 Å². The van der Waals surface area contributed by atoms with Crippen LogP contribution in [0, 0.1) is 5.92 Å². The van der Waals surface area contributed by atoms with Gasteiger partial charge in [-0.3, -0.25) is 9.59 Å². The molecule has 0 spiro atoms. The molecule has 2 rings (SSSR count). The first kappa shape index (κ1) is 12.9. The van der Waals surface area contributed by atoms with E-state index in [0.717, 1.165) is 0 Å². The topological polar surface area (TPSA) is 75.6 Å². The fourth-order valence-electron chi connectivity index (χ4n) is 1.82. The van der Waals surface area contributed by atoms with Crippen molar-refractivity contribution in [1.82, 2.24) is 5.32 Å². The van der Waals surface area contributed by atoms with Crippen LogP contribution in [-0.4, -0.2) is 36.2 Å². The molecular formula is C12H12ClNO4. The van der Waals surface area contributed by atoms with Gasteiger partial charge in [0.05, 0.1) is 19.3 Å². The summed E-state index contributed by atoms with van der Waals surface area (Å²) in [6.07, 6.45) is 0. The van der Waals surface area contributed by atoms with E-state index in [9.17, 15) is 9.59 Å². The van der Waals surface area contributed by atoms with E-state index in [1.165, 1.54) is 6.07 Å². The second-order valence-electron chi connectivity index (χ2n) is 4.07. The maximum Gasteiger partial charge on any atom is 0.311 e. The minimum atomic E-state index is -0.969. The van der Waals surface area contributed by atoms with Crippen molar-refractivity contribution in [3.8, 4) is 0 Å². The van der Waals surface area contributed by atoms with E-state index >= 15 is 0 Å². The second-order valence-corrected chi connectivity index (χ2v) is 4.51. The SMILES string of the molecule is O=C(NC1COCC1C(=O)O)c1cccc(Cl)c1. The molecule has 96 valence electrons. The highest BCUT2D eigenvalue weighted by molar-refractivity contribution is 6.30. The molecule has 2 unspecified atom stereocenters. The molecule has 1 aromatic carbocycles. The summed E-state index contributed by atoms with van der Waals surface area (Å²) in [6, 6.07) is 5.97. The molecule has 6 heteroatoms. The average molecular weight is 270 g/mol. The third-order valence-corrected chi connectivity index (χ3v) is 3.04. The van der Waals surface area contributed by atoms with Crippen molar-refractivity contribution < 1.29 is 19.4 Å². The lowest BCUT2D eigenvalue weighted by atomic mass is 10.0. The third-order valence-electron chi connectivity index (χ3n) is 2.80. The zero-order valence-electron chi connectivity index (χ0n) is 9.43. The van der Waals surface area contributed by atoms with Crippen molar-refractivity contribution in [2.24, 2.45) is 5.92 Å². The van der Waals surface area contributed by atoms with Crippen molar-refractivity contribution >= 4 is 23.5 Å². The number of rotatable bonds is 3. The van der Waals surface area contributed by atoms with Crippen molar-refractivity contribution in [3.63, 3.8) is 0 Å². The molecule has 1 aliphatic heterocycles. The molecule has 0 aliphatic carbocycles. The molecule has 0 saturated carbocycles. The highest BCUT2D eigenvalue weighted by Gasteiger charge is 2.35. The molecule has 2 N–H and O–H groups in total. The Labute approximate surface area is 109 Å². The first-order valence-electron chi connectivity index (χ1n) is 5.45. The highest BCUT2D eigenvalue weighted by Crippen LogP contribution is 2.16. The van der Waals surface area contributed by atoms with E-state index in [4.69, 9.17) is 21.4 Å². The van der Waals surface area contributed by atoms with Gasteiger partial charge in [0.1, 0.15) is 5.92 Å². The van der Waals surface area contributed by atoms with Crippen LogP contribution in [0.3, 0.4) is 0 Å². The van der Waals surface area contributed by atoms with E-state index in [2.05, 4.69) is 5.32 Å². The minimum absolute atomic E-state index is 0.121. The molecule has 1 amide bonds. The van der Waals surface area contributed by atoms with Crippen LogP contribution in [0.4, 0.5) is 0 Å². The molecule has 1 aromatic rings. The summed E-state index contributed by atoms with van der Waals surface area (Å²) in [5, 5.41) is 12.1. The number of hydrogen-bond donors (Lipinski definition) is 2. The first-order chi connectivity index (χ1) is 8.58. The summed E-state index contributed by atoms with van der Waals surface area (Å²) in [5.41, 5.74) is 0.401. The summed E-state index contributed by atoms with van der Waals surface area (Å²) < 4.78 is 5.07. The quantitative estimate of drug-likeness (QED) is 0.864. The Morgan fingerprint density at radius 1 is 1.39 bits per heavy atom. The van der Waals surface area contributed by atoms with Crippen molar-refractivity contribution in [2.75, 3.05) is 13.2 Å². The normalized spacial score (nSPS) is 22.7. The lowest BCUT2D eigenvalue weighted by molar-refractivity contribution is -0.142. The highest BCUT2D eigenvalue weighted by atomic mass is 35.5. The molecule has 2 atom stereocenters. The zero-order valence-corrected chi connectivity index (χ0v) is 10.2. The minimum Gasteiger partial charge on any atom is -0.481 e. The number of halogens is 1. The van der Waals surface area contributed by atoms with Crippen LogP contribution in [-0.2, 0) is 9.53 Å². The van der Waals surface area contributed by atoms with E-state index in [1.807, 2.05) is 0 Å². The van der Waals surface area contributed by atoms with Crippen LogP contribution in [0.15, 0.2) is 24.3 Å². The lowest BCUT2D eigenvalue weighted by Gasteiger charge is -2.15. The van der Waals surface area contributed by atoms with Crippen molar-refractivity contribution in [2.45, 2.75) is 6.04 Å². The number of amides is 1. The number of carbonyl (C=O) groups is 2. The van der Waals surface area contributed by atoms with Gasteiger partial charge in [-0.2, -0.15) is 0 Å². The van der Waals surface area contributed by atoms with Crippen LogP contribution in [0.1, 0.15) is 10.4 Å². The van der Waals surface area contributed by atoms with Crippen molar-refractivity contribution in [3.05, 3.63) is 34.9 Å². The second kappa shape index (κ2) is 5.37. The Bertz CT molecular complexity index is 477. The smallest absolute Gasteiger partial charge is 0.311 e. The van der Waals surface area contributed by atoms with Gasteiger partial charge in [-0.25, -0.2) is 0 Å². The number of aliphatic carboxylic acids is 1. The lowest BCUT2D eigenvalue weighted by Crippen LogP contribution is -2.42. The Kier molecular flexibility index (Phi) is 3.84. The zero-order chi connectivity index (χ0) is 13.1. The fourth-order valence-corrected chi connectivity index (χ4v) is 2.01. The van der Waals surface area contributed by atoms with Crippen LogP contribution >= 0.6 is 11.6 Å².